The van der Waals surface area contributed by atoms with Gasteiger partial charge in [-0.1, -0.05) is 12.1 Å². The second-order valence-electron chi connectivity index (χ2n) is 6.70. The van der Waals surface area contributed by atoms with Gasteiger partial charge in [0.25, 0.3) is 5.91 Å². The molecule has 0 bridgehead atoms. The molecular weight excluding hydrogens is 360 g/mol. The first kappa shape index (κ1) is 18.2. The number of benzene rings is 1. The zero-order chi connectivity index (χ0) is 19.3. The summed E-state index contributed by atoms with van der Waals surface area (Å²) in [6.45, 7) is 1.58. The smallest absolute Gasteiger partial charge is 0.287 e. The van der Waals surface area contributed by atoms with Gasteiger partial charge in [0, 0.05) is 13.2 Å². The average molecular weight is 382 g/mol. The van der Waals surface area contributed by atoms with E-state index in [1.54, 1.807) is 12.1 Å². The fourth-order valence-corrected chi connectivity index (χ4v) is 3.32. The van der Waals surface area contributed by atoms with E-state index in [9.17, 15) is 9.59 Å². The molecule has 8 heteroatoms. The Morgan fingerprint density at radius 1 is 1.18 bits per heavy atom. The van der Waals surface area contributed by atoms with E-state index in [0.717, 1.165) is 30.5 Å². The Labute approximate surface area is 161 Å². The molecule has 1 atom stereocenters. The number of carbonyl (C=O) groups excluding carboxylic acids is 2. The van der Waals surface area contributed by atoms with Crippen LogP contribution in [0.2, 0.25) is 0 Å². The highest BCUT2D eigenvalue weighted by molar-refractivity contribution is 5.91. The maximum absolute atomic E-state index is 12.5. The molecule has 0 radical (unpaired) electrons. The van der Waals surface area contributed by atoms with Gasteiger partial charge >= 0.3 is 0 Å². The highest BCUT2D eigenvalue weighted by Crippen LogP contribution is 2.16. The van der Waals surface area contributed by atoms with E-state index in [-0.39, 0.29) is 36.8 Å². The van der Waals surface area contributed by atoms with Gasteiger partial charge in [0.05, 0.1) is 29.9 Å². The van der Waals surface area contributed by atoms with Gasteiger partial charge in [0.15, 0.2) is 5.76 Å². The van der Waals surface area contributed by atoms with E-state index in [1.165, 1.54) is 6.26 Å². The number of nitrogens with one attached hydrogen (secondary N) is 2. The molecular formula is C20H22N4O4. The van der Waals surface area contributed by atoms with E-state index in [4.69, 9.17) is 9.15 Å². The van der Waals surface area contributed by atoms with Crippen molar-refractivity contribution in [3.05, 3.63) is 54.2 Å². The van der Waals surface area contributed by atoms with Gasteiger partial charge in [-0.25, -0.2) is 4.98 Å². The van der Waals surface area contributed by atoms with Gasteiger partial charge in [0.2, 0.25) is 5.91 Å². The van der Waals surface area contributed by atoms with Crippen molar-refractivity contribution in [3.8, 4) is 0 Å². The number of aromatic nitrogens is 2. The van der Waals surface area contributed by atoms with Crippen molar-refractivity contribution in [2.75, 3.05) is 13.2 Å². The Morgan fingerprint density at radius 2 is 2.07 bits per heavy atom. The third-order valence-corrected chi connectivity index (χ3v) is 4.74. The van der Waals surface area contributed by atoms with Gasteiger partial charge in [-0.2, -0.15) is 0 Å². The molecule has 0 aliphatic carbocycles. The molecule has 1 saturated heterocycles. The van der Waals surface area contributed by atoms with Crippen molar-refractivity contribution in [2.24, 2.45) is 0 Å². The lowest BCUT2D eigenvalue weighted by Crippen LogP contribution is -2.34. The molecule has 3 heterocycles. The SMILES string of the molecule is O=C(Cn1c(CNC(=O)c2ccco2)nc2ccccc21)NCC1CCCO1. The standard InChI is InChI=1S/C20H22N4O4/c25-19(21-11-14-5-3-9-27-14)13-24-16-7-2-1-6-15(16)23-18(24)12-22-20(26)17-8-4-10-28-17/h1-2,4,6-8,10,14H,3,5,9,11-13H2,(H,21,25)(H,22,26). The first-order valence-electron chi connectivity index (χ1n) is 9.35. The number of amides is 2. The second kappa shape index (κ2) is 8.26. The number of ether oxygens (including phenoxy) is 1. The summed E-state index contributed by atoms with van der Waals surface area (Å²) in [6, 6.07) is 10.8. The summed E-state index contributed by atoms with van der Waals surface area (Å²) in [5, 5.41) is 5.71. The molecule has 8 nitrogen and oxygen atoms in total. The number of fused-ring (bicyclic) bond motifs is 1. The maximum atomic E-state index is 12.5. The van der Waals surface area contributed by atoms with Crippen LogP contribution in [0, 0.1) is 0 Å². The Hall–Kier alpha value is -3.13. The first-order chi connectivity index (χ1) is 13.7. The van der Waals surface area contributed by atoms with Crippen molar-refractivity contribution in [1.82, 2.24) is 20.2 Å². The summed E-state index contributed by atoms with van der Waals surface area (Å²) >= 11 is 0. The van der Waals surface area contributed by atoms with Crippen molar-refractivity contribution >= 4 is 22.8 Å². The van der Waals surface area contributed by atoms with Crippen molar-refractivity contribution in [2.45, 2.75) is 32.0 Å². The van der Waals surface area contributed by atoms with Crippen molar-refractivity contribution in [1.29, 1.82) is 0 Å². The summed E-state index contributed by atoms with van der Waals surface area (Å²) in [5.74, 6) is 0.397. The van der Waals surface area contributed by atoms with Crippen LogP contribution in [-0.2, 0) is 22.6 Å². The second-order valence-corrected chi connectivity index (χ2v) is 6.70. The van der Waals surface area contributed by atoms with Crippen LogP contribution in [0.1, 0.15) is 29.2 Å². The van der Waals surface area contributed by atoms with E-state index in [1.807, 2.05) is 28.8 Å². The summed E-state index contributed by atoms with van der Waals surface area (Å²) in [4.78, 5) is 29.2. The quantitative estimate of drug-likeness (QED) is 0.650. The molecule has 0 saturated carbocycles. The molecule has 1 aromatic carbocycles. The molecule has 2 aromatic heterocycles. The van der Waals surface area contributed by atoms with Crippen LogP contribution in [0.25, 0.3) is 11.0 Å². The largest absolute Gasteiger partial charge is 0.459 e. The van der Waals surface area contributed by atoms with E-state index in [2.05, 4.69) is 15.6 Å². The molecule has 4 rings (SSSR count). The molecule has 28 heavy (non-hydrogen) atoms. The molecule has 3 aromatic rings. The van der Waals surface area contributed by atoms with Gasteiger partial charge in [0.1, 0.15) is 12.4 Å². The molecule has 1 fully saturated rings. The molecule has 146 valence electrons. The zero-order valence-electron chi connectivity index (χ0n) is 15.4. The Balaban J connectivity index is 1.46. The number of hydrogen-bond acceptors (Lipinski definition) is 5. The Kier molecular flexibility index (Phi) is 5.38. The zero-order valence-corrected chi connectivity index (χ0v) is 15.4. The lowest BCUT2D eigenvalue weighted by molar-refractivity contribution is -0.122. The van der Waals surface area contributed by atoms with Crippen LogP contribution in [0.15, 0.2) is 47.1 Å². The minimum atomic E-state index is -0.327. The Morgan fingerprint density at radius 3 is 2.86 bits per heavy atom. The van der Waals surface area contributed by atoms with Crippen molar-refractivity contribution < 1.29 is 18.7 Å². The highest BCUT2D eigenvalue weighted by Gasteiger charge is 2.18. The molecule has 0 spiro atoms. The first-order valence-corrected chi connectivity index (χ1v) is 9.35. The maximum Gasteiger partial charge on any atom is 0.287 e. The van der Waals surface area contributed by atoms with E-state index in [0.29, 0.717) is 12.4 Å². The number of rotatable bonds is 7. The molecule has 2 amide bonds. The monoisotopic (exact) mass is 382 g/mol. The van der Waals surface area contributed by atoms with Crippen LogP contribution >= 0.6 is 0 Å². The fraction of sp³-hybridized carbons (Fsp3) is 0.350. The van der Waals surface area contributed by atoms with Crippen molar-refractivity contribution in [3.63, 3.8) is 0 Å². The number of carbonyl (C=O) groups is 2. The minimum Gasteiger partial charge on any atom is -0.459 e. The predicted molar refractivity (Wildman–Crippen MR) is 102 cm³/mol. The van der Waals surface area contributed by atoms with E-state index < -0.39 is 0 Å². The predicted octanol–water partition coefficient (Wildman–Crippen LogP) is 1.85. The van der Waals surface area contributed by atoms with E-state index >= 15 is 0 Å². The van der Waals surface area contributed by atoms with Crippen LogP contribution in [0.5, 0.6) is 0 Å². The lowest BCUT2D eigenvalue weighted by Gasteiger charge is -2.13. The molecule has 2 N–H and O–H groups in total. The normalized spacial score (nSPS) is 16.4. The summed E-state index contributed by atoms with van der Waals surface area (Å²) in [5.41, 5.74) is 1.62. The summed E-state index contributed by atoms with van der Waals surface area (Å²) in [6.07, 6.45) is 3.54. The van der Waals surface area contributed by atoms with Gasteiger partial charge in [-0.3, -0.25) is 9.59 Å². The molecule has 1 aliphatic heterocycles. The third kappa shape index (κ3) is 4.07. The van der Waals surface area contributed by atoms with Crippen LogP contribution < -0.4 is 10.6 Å². The molecule has 1 aliphatic rings. The number of nitrogens with zero attached hydrogens (tertiary/aromatic N) is 2. The van der Waals surface area contributed by atoms with Crippen LogP contribution in [-0.4, -0.2) is 40.6 Å². The lowest BCUT2D eigenvalue weighted by atomic mass is 10.2. The minimum absolute atomic E-state index is 0.0931. The summed E-state index contributed by atoms with van der Waals surface area (Å²) in [7, 11) is 0. The molecule has 1 unspecified atom stereocenters. The number of furan rings is 1. The average Bonchev–Trinajstić information content (AvgIpc) is 3.46. The van der Waals surface area contributed by atoms with Crippen LogP contribution in [0.4, 0.5) is 0 Å². The van der Waals surface area contributed by atoms with Gasteiger partial charge in [-0.05, 0) is 37.1 Å². The van der Waals surface area contributed by atoms with Crippen LogP contribution in [0.3, 0.4) is 0 Å². The summed E-state index contributed by atoms with van der Waals surface area (Å²) < 4.78 is 12.5. The highest BCUT2D eigenvalue weighted by atomic mass is 16.5. The fourth-order valence-electron chi connectivity index (χ4n) is 3.32. The topological polar surface area (TPSA) is 98.4 Å². The number of para-hydroxylation sites is 2. The number of imidazole rings is 1. The Bertz CT molecular complexity index is 958. The number of hydrogen-bond donors (Lipinski definition) is 2. The van der Waals surface area contributed by atoms with Gasteiger partial charge in [-0.15, -0.1) is 0 Å². The third-order valence-electron chi connectivity index (χ3n) is 4.74. The van der Waals surface area contributed by atoms with Gasteiger partial charge < -0.3 is 24.4 Å².